The molecule has 1 aliphatic heterocycles. The van der Waals surface area contributed by atoms with Gasteiger partial charge in [-0.25, -0.2) is 0 Å². The largest absolute Gasteiger partial charge is 0.497 e. The molecule has 2 heterocycles. The third kappa shape index (κ3) is 4.34. The van der Waals surface area contributed by atoms with Gasteiger partial charge in [0.15, 0.2) is 5.82 Å². The number of rotatable bonds is 6. The maximum Gasteiger partial charge on any atom is 0.247 e. The molecule has 0 bridgehead atoms. The fourth-order valence-electron chi connectivity index (χ4n) is 3.05. The average Bonchev–Trinajstić information content (AvgIpc) is 2.62. The van der Waals surface area contributed by atoms with Crippen molar-refractivity contribution in [3.8, 4) is 5.75 Å². The Balaban J connectivity index is 1.56. The quantitative estimate of drug-likeness (QED) is 0.880. The van der Waals surface area contributed by atoms with E-state index in [1.54, 1.807) is 13.3 Å². The SMILES string of the molecule is COc1cccc(CCNc2cnnc(N3CCCC(C)C3)n2)c1. The van der Waals surface area contributed by atoms with Gasteiger partial charge in [0.05, 0.1) is 13.3 Å². The Bertz CT molecular complexity index is 663. The van der Waals surface area contributed by atoms with E-state index in [9.17, 15) is 0 Å². The van der Waals surface area contributed by atoms with Crippen molar-refractivity contribution in [1.82, 2.24) is 15.2 Å². The van der Waals surface area contributed by atoms with Gasteiger partial charge in [0.25, 0.3) is 0 Å². The summed E-state index contributed by atoms with van der Waals surface area (Å²) in [6.45, 7) is 5.09. The number of hydrogen-bond acceptors (Lipinski definition) is 6. The van der Waals surface area contributed by atoms with Gasteiger partial charge in [0.1, 0.15) is 5.75 Å². The molecule has 1 N–H and O–H groups in total. The molecule has 1 aliphatic rings. The Morgan fingerprint density at radius 1 is 1.38 bits per heavy atom. The summed E-state index contributed by atoms with van der Waals surface area (Å²) in [4.78, 5) is 6.84. The van der Waals surface area contributed by atoms with E-state index in [2.05, 4.69) is 44.5 Å². The van der Waals surface area contributed by atoms with Crippen LogP contribution in [0.3, 0.4) is 0 Å². The topological polar surface area (TPSA) is 63.2 Å². The highest BCUT2D eigenvalue weighted by Crippen LogP contribution is 2.20. The molecule has 3 rings (SSSR count). The maximum atomic E-state index is 5.25. The first-order chi connectivity index (χ1) is 11.7. The van der Waals surface area contributed by atoms with Crippen molar-refractivity contribution >= 4 is 11.8 Å². The van der Waals surface area contributed by atoms with Gasteiger partial charge in [-0.1, -0.05) is 19.1 Å². The molecule has 6 heteroatoms. The van der Waals surface area contributed by atoms with E-state index in [4.69, 9.17) is 4.74 Å². The maximum absolute atomic E-state index is 5.25. The molecule has 0 saturated carbocycles. The van der Waals surface area contributed by atoms with E-state index in [1.807, 2.05) is 12.1 Å². The number of hydrogen-bond donors (Lipinski definition) is 1. The standard InChI is InChI=1S/C18H25N5O/c1-14-5-4-10-23(13-14)18-21-17(12-20-22-18)19-9-8-15-6-3-7-16(11-15)24-2/h3,6-7,11-12,14H,4-5,8-10,13H2,1-2H3,(H,19,21,22). The van der Waals surface area contributed by atoms with Gasteiger partial charge in [0.2, 0.25) is 5.95 Å². The summed E-state index contributed by atoms with van der Waals surface area (Å²) in [5, 5.41) is 11.6. The normalized spacial score (nSPS) is 17.6. The van der Waals surface area contributed by atoms with Crippen LogP contribution in [0.2, 0.25) is 0 Å². The number of benzene rings is 1. The molecule has 0 radical (unpaired) electrons. The molecule has 0 aliphatic carbocycles. The smallest absolute Gasteiger partial charge is 0.247 e. The number of methoxy groups -OCH3 is 1. The van der Waals surface area contributed by atoms with Crippen LogP contribution in [-0.4, -0.2) is 41.9 Å². The average molecular weight is 327 g/mol. The van der Waals surface area contributed by atoms with Crippen LogP contribution < -0.4 is 15.0 Å². The molecule has 0 amide bonds. The first-order valence-corrected chi connectivity index (χ1v) is 8.56. The van der Waals surface area contributed by atoms with Crippen molar-refractivity contribution in [3.63, 3.8) is 0 Å². The molecule has 1 aromatic heterocycles. The molecule has 1 aromatic carbocycles. The second-order valence-electron chi connectivity index (χ2n) is 6.36. The minimum Gasteiger partial charge on any atom is -0.497 e. The van der Waals surface area contributed by atoms with Crippen LogP contribution in [0, 0.1) is 5.92 Å². The second-order valence-corrected chi connectivity index (χ2v) is 6.36. The lowest BCUT2D eigenvalue weighted by Gasteiger charge is -2.30. The predicted octanol–water partition coefficient (Wildman–Crippen LogP) is 2.77. The fraction of sp³-hybridized carbons (Fsp3) is 0.500. The van der Waals surface area contributed by atoms with Gasteiger partial charge in [-0.15, -0.1) is 5.10 Å². The lowest BCUT2D eigenvalue weighted by atomic mass is 10.0. The number of aromatic nitrogens is 3. The lowest BCUT2D eigenvalue weighted by molar-refractivity contribution is 0.414. The Labute approximate surface area is 143 Å². The van der Waals surface area contributed by atoms with E-state index in [0.29, 0.717) is 5.92 Å². The fourth-order valence-corrected chi connectivity index (χ4v) is 3.05. The number of ether oxygens (including phenoxy) is 1. The minimum absolute atomic E-state index is 0.687. The van der Waals surface area contributed by atoms with Crippen LogP contribution in [0.1, 0.15) is 25.3 Å². The molecule has 128 valence electrons. The molecule has 6 nitrogen and oxygen atoms in total. The van der Waals surface area contributed by atoms with Crippen LogP contribution >= 0.6 is 0 Å². The van der Waals surface area contributed by atoms with Gasteiger partial charge in [-0.2, -0.15) is 10.1 Å². The zero-order valence-electron chi connectivity index (χ0n) is 14.4. The number of anilines is 2. The summed E-state index contributed by atoms with van der Waals surface area (Å²) in [6.07, 6.45) is 5.06. The summed E-state index contributed by atoms with van der Waals surface area (Å²) in [5.41, 5.74) is 1.23. The van der Waals surface area contributed by atoms with Crippen molar-refractivity contribution < 1.29 is 4.74 Å². The molecule has 1 saturated heterocycles. The molecular formula is C18H25N5O. The molecule has 1 fully saturated rings. The van der Waals surface area contributed by atoms with Crippen molar-refractivity contribution in [2.45, 2.75) is 26.2 Å². The van der Waals surface area contributed by atoms with Gasteiger partial charge in [-0.3, -0.25) is 0 Å². The third-order valence-corrected chi connectivity index (χ3v) is 4.34. The number of nitrogens with one attached hydrogen (secondary N) is 1. The van der Waals surface area contributed by atoms with E-state index in [0.717, 1.165) is 43.6 Å². The molecule has 24 heavy (non-hydrogen) atoms. The highest BCUT2D eigenvalue weighted by molar-refractivity contribution is 5.39. The highest BCUT2D eigenvalue weighted by Gasteiger charge is 2.19. The highest BCUT2D eigenvalue weighted by atomic mass is 16.5. The molecule has 0 spiro atoms. The zero-order chi connectivity index (χ0) is 16.8. The van der Waals surface area contributed by atoms with Crippen LogP contribution in [0.4, 0.5) is 11.8 Å². The summed E-state index contributed by atoms with van der Waals surface area (Å²) >= 11 is 0. The van der Waals surface area contributed by atoms with E-state index in [1.165, 1.54) is 18.4 Å². The van der Waals surface area contributed by atoms with Crippen LogP contribution in [0.25, 0.3) is 0 Å². The summed E-state index contributed by atoms with van der Waals surface area (Å²) in [7, 11) is 1.69. The Kier molecular flexibility index (Phi) is 5.46. The van der Waals surface area contributed by atoms with Crippen molar-refractivity contribution in [2.75, 3.05) is 37.0 Å². The zero-order valence-corrected chi connectivity index (χ0v) is 14.4. The van der Waals surface area contributed by atoms with Gasteiger partial charge in [0, 0.05) is 19.6 Å². The van der Waals surface area contributed by atoms with Crippen molar-refractivity contribution in [2.24, 2.45) is 5.92 Å². The van der Waals surface area contributed by atoms with E-state index in [-0.39, 0.29) is 0 Å². The van der Waals surface area contributed by atoms with Crippen molar-refractivity contribution in [1.29, 1.82) is 0 Å². The lowest BCUT2D eigenvalue weighted by Crippen LogP contribution is -2.35. The van der Waals surface area contributed by atoms with Gasteiger partial charge < -0.3 is 15.0 Å². The molecule has 2 aromatic rings. The molecule has 1 unspecified atom stereocenters. The predicted molar refractivity (Wildman–Crippen MR) is 95.6 cm³/mol. The molecule has 1 atom stereocenters. The third-order valence-electron chi connectivity index (χ3n) is 4.34. The Morgan fingerprint density at radius 3 is 3.12 bits per heavy atom. The Hall–Kier alpha value is -2.37. The first-order valence-electron chi connectivity index (χ1n) is 8.56. The monoisotopic (exact) mass is 327 g/mol. The van der Waals surface area contributed by atoms with E-state index >= 15 is 0 Å². The van der Waals surface area contributed by atoms with Crippen LogP contribution in [-0.2, 0) is 6.42 Å². The van der Waals surface area contributed by atoms with E-state index < -0.39 is 0 Å². The van der Waals surface area contributed by atoms with Gasteiger partial charge >= 0.3 is 0 Å². The first kappa shape index (κ1) is 16.5. The van der Waals surface area contributed by atoms with Crippen LogP contribution in [0.15, 0.2) is 30.5 Å². The van der Waals surface area contributed by atoms with Gasteiger partial charge in [-0.05, 0) is 42.9 Å². The summed E-state index contributed by atoms with van der Waals surface area (Å²) < 4.78 is 5.25. The number of nitrogens with zero attached hydrogens (tertiary/aromatic N) is 4. The van der Waals surface area contributed by atoms with Crippen LogP contribution in [0.5, 0.6) is 5.75 Å². The number of piperidine rings is 1. The summed E-state index contributed by atoms with van der Waals surface area (Å²) in [5.74, 6) is 3.08. The molecular weight excluding hydrogens is 302 g/mol. The minimum atomic E-state index is 0.687. The summed E-state index contributed by atoms with van der Waals surface area (Å²) in [6, 6.07) is 8.12. The second kappa shape index (κ2) is 7.95. The van der Waals surface area contributed by atoms with Crippen molar-refractivity contribution in [3.05, 3.63) is 36.0 Å². The Morgan fingerprint density at radius 2 is 2.29 bits per heavy atom.